The van der Waals surface area contributed by atoms with Crippen molar-refractivity contribution >= 4 is 0 Å². The Kier molecular flexibility index (Phi) is 2.60. The van der Waals surface area contributed by atoms with Gasteiger partial charge in [0.1, 0.15) is 0 Å². The molecule has 1 fully saturated rings. The molecular weight excluding hydrogens is 216 g/mol. The summed E-state index contributed by atoms with van der Waals surface area (Å²) in [6.07, 6.45) is 6.47. The Morgan fingerprint density at radius 1 is 1.35 bits per heavy atom. The van der Waals surface area contributed by atoms with Crippen LogP contribution in [-0.4, -0.2) is 21.2 Å². The Bertz CT molecular complexity index is 496. The van der Waals surface area contributed by atoms with Gasteiger partial charge in [0.2, 0.25) is 11.7 Å². The number of nitrogens with two attached hydrogens (primary N) is 1. The monoisotopic (exact) mass is 230 g/mol. The van der Waals surface area contributed by atoms with E-state index < -0.39 is 0 Å². The number of pyridine rings is 1. The molecule has 2 heterocycles. The van der Waals surface area contributed by atoms with Crippen LogP contribution < -0.4 is 5.73 Å². The Labute approximate surface area is 99.1 Å². The van der Waals surface area contributed by atoms with Crippen LogP contribution >= 0.6 is 0 Å². The molecule has 5 heteroatoms. The number of rotatable bonds is 2. The second-order valence-corrected chi connectivity index (χ2v) is 4.47. The first-order valence-electron chi connectivity index (χ1n) is 5.82. The third kappa shape index (κ3) is 2.06. The molecule has 2 N–H and O–H groups in total. The van der Waals surface area contributed by atoms with Crippen molar-refractivity contribution in [3.63, 3.8) is 0 Å². The zero-order chi connectivity index (χ0) is 11.7. The van der Waals surface area contributed by atoms with E-state index in [1.165, 1.54) is 0 Å². The first-order valence-corrected chi connectivity index (χ1v) is 5.82. The molecule has 0 amide bonds. The molecule has 5 nitrogen and oxygen atoms in total. The zero-order valence-corrected chi connectivity index (χ0v) is 9.41. The highest BCUT2D eigenvalue weighted by atomic mass is 16.5. The van der Waals surface area contributed by atoms with Gasteiger partial charge in [-0.25, -0.2) is 0 Å². The summed E-state index contributed by atoms with van der Waals surface area (Å²) in [5, 5.41) is 3.99. The van der Waals surface area contributed by atoms with Gasteiger partial charge in [0.15, 0.2) is 0 Å². The molecule has 0 radical (unpaired) electrons. The minimum atomic E-state index is 0.272. The average molecular weight is 230 g/mol. The van der Waals surface area contributed by atoms with E-state index >= 15 is 0 Å². The molecule has 1 aliphatic rings. The predicted octanol–water partition coefficient (Wildman–Crippen LogP) is 1.73. The average Bonchev–Trinajstić information content (AvgIpc) is 2.98. The third-order valence-electron chi connectivity index (χ3n) is 3.18. The van der Waals surface area contributed by atoms with Gasteiger partial charge >= 0.3 is 0 Å². The maximum atomic E-state index is 5.88. The molecule has 88 valence electrons. The number of hydrogen-bond acceptors (Lipinski definition) is 5. The molecule has 17 heavy (non-hydrogen) atoms. The van der Waals surface area contributed by atoms with Crippen LogP contribution in [0.4, 0.5) is 0 Å². The topological polar surface area (TPSA) is 77.8 Å². The quantitative estimate of drug-likeness (QED) is 0.850. The Hall–Kier alpha value is -1.75. The van der Waals surface area contributed by atoms with Crippen LogP contribution in [0.5, 0.6) is 0 Å². The van der Waals surface area contributed by atoms with Crippen LogP contribution in [0.3, 0.4) is 0 Å². The number of hydrogen-bond donors (Lipinski definition) is 1. The highest BCUT2D eigenvalue weighted by Crippen LogP contribution is 2.33. The van der Waals surface area contributed by atoms with Crippen molar-refractivity contribution in [3.8, 4) is 11.4 Å². The summed E-state index contributed by atoms with van der Waals surface area (Å²) >= 11 is 0. The molecule has 0 aliphatic heterocycles. The van der Waals surface area contributed by atoms with Crippen LogP contribution in [0.2, 0.25) is 0 Å². The van der Waals surface area contributed by atoms with E-state index in [4.69, 9.17) is 10.3 Å². The smallest absolute Gasteiger partial charge is 0.230 e. The fourth-order valence-electron chi connectivity index (χ4n) is 2.25. The molecule has 1 saturated carbocycles. The first kappa shape index (κ1) is 10.4. The van der Waals surface area contributed by atoms with Gasteiger partial charge in [0, 0.05) is 29.9 Å². The lowest BCUT2D eigenvalue weighted by Gasteiger charge is -2.01. The van der Waals surface area contributed by atoms with E-state index in [-0.39, 0.29) is 6.04 Å². The molecule has 0 saturated heterocycles. The normalized spacial score (nSPS) is 24.1. The van der Waals surface area contributed by atoms with Gasteiger partial charge < -0.3 is 10.3 Å². The van der Waals surface area contributed by atoms with Crippen molar-refractivity contribution in [2.45, 2.75) is 31.2 Å². The van der Waals surface area contributed by atoms with Gasteiger partial charge in [0.05, 0.1) is 0 Å². The van der Waals surface area contributed by atoms with Gasteiger partial charge in [-0.2, -0.15) is 4.98 Å². The van der Waals surface area contributed by atoms with Crippen molar-refractivity contribution in [1.82, 2.24) is 15.1 Å². The number of aromatic nitrogens is 3. The second-order valence-electron chi connectivity index (χ2n) is 4.47. The number of nitrogens with zero attached hydrogens (tertiary/aromatic N) is 3. The summed E-state index contributed by atoms with van der Waals surface area (Å²) in [5.41, 5.74) is 6.76. The molecule has 2 aromatic rings. The van der Waals surface area contributed by atoms with Crippen molar-refractivity contribution in [2.24, 2.45) is 5.73 Å². The van der Waals surface area contributed by atoms with Gasteiger partial charge in [-0.15, -0.1) is 0 Å². The Morgan fingerprint density at radius 2 is 2.29 bits per heavy atom. The highest BCUT2D eigenvalue weighted by molar-refractivity contribution is 5.51. The lowest BCUT2D eigenvalue weighted by molar-refractivity contribution is 0.353. The van der Waals surface area contributed by atoms with Crippen LogP contribution in [0.15, 0.2) is 29.0 Å². The van der Waals surface area contributed by atoms with E-state index in [2.05, 4.69) is 15.1 Å². The van der Waals surface area contributed by atoms with Crippen LogP contribution in [-0.2, 0) is 0 Å². The van der Waals surface area contributed by atoms with E-state index in [1.807, 2.05) is 12.1 Å². The lowest BCUT2D eigenvalue weighted by Crippen LogP contribution is -2.14. The van der Waals surface area contributed by atoms with E-state index in [0.29, 0.717) is 17.6 Å². The van der Waals surface area contributed by atoms with E-state index in [1.54, 1.807) is 12.4 Å². The molecule has 0 bridgehead atoms. The summed E-state index contributed by atoms with van der Waals surface area (Å²) < 4.78 is 5.31. The molecular formula is C12H14N4O. The molecule has 1 aliphatic carbocycles. The standard InChI is InChI=1S/C12H14N4O/c13-10-4-3-8(6-10)12-15-11(16-17-12)9-2-1-5-14-7-9/h1-2,5,7-8,10H,3-4,6,13H2/t8-,10+/m1/s1. The molecule has 0 spiro atoms. The fourth-order valence-corrected chi connectivity index (χ4v) is 2.25. The summed E-state index contributed by atoms with van der Waals surface area (Å²) in [7, 11) is 0. The maximum absolute atomic E-state index is 5.88. The zero-order valence-electron chi connectivity index (χ0n) is 9.41. The van der Waals surface area contributed by atoms with Crippen LogP contribution in [0.25, 0.3) is 11.4 Å². The largest absolute Gasteiger partial charge is 0.339 e. The van der Waals surface area contributed by atoms with Gasteiger partial charge in [-0.1, -0.05) is 5.16 Å². The SMILES string of the molecule is N[C@H]1CC[C@@H](c2nc(-c3cccnc3)no2)C1. The van der Waals surface area contributed by atoms with Crippen LogP contribution in [0.1, 0.15) is 31.1 Å². The van der Waals surface area contributed by atoms with Crippen molar-refractivity contribution in [1.29, 1.82) is 0 Å². The third-order valence-corrected chi connectivity index (χ3v) is 3.18. The summed E-state index contributed by atoms with van der Waals surface area (Å²) in [6.45, 7) is 0. The lowest BCUT2D eigenvalue weighted by atomic mass is 10.1. The summed E-state index contributed by atoms with van der Waals surface area (Å²) in [4.78, 5) is 8.46. The van der Waals surface area contributed by atoms with E-state index in [0.717, 1.165) is 24.8 Å². The van der Waals surface area contributed by atoms with Crippen LogP contribution in [0, 0.1) is 0 Å². The van der Waals surface area contributed by atoms with Crippen molar-refractivity contribution < 1.29 is 4.52 Å². The van der Waals surface area contributed by atoms with E-state index in [9.17, 15) is 0 Å². The molecule has 2 aromatic heterocycles. The van der Waals surface area contributed by atoms with Gasteiger partial charge in [-0.3, -0.25) is 4.98 Å². The first-order chi connectivity index (χ1) is 8.33. The Morgan fingerprint density at radius 3 is 3.00 bits per heavy atom. The minimum Gasteiger partial charge on any atom is -0.339 e. The molecule has 0 aromatic carbocycles. The van der Waals surface area contributed by atoms with Gasteiger partial charge in [-0.05, 0) is 31.4 Å². The molecule has 3 rings (SSSR count). The van der Waals surface area contributed by atoms with Crippen molar-refractivity contribution in [3.05, 3.63) is 30.4 Å². The summed E-state index contributed by atoms with van der Waals surface area (Å²) in [6, 6.07) is 4.05. The predicted molar refractivity (Wildman–Crippen MR) is 62.1 cm³/mol. The summed E-state index contributed by atoms with van der Waals surface area (Å²) in [5.74, 6) is 1.63. The molecule has 2 atom stereocenters. The minimum absolute atomic E-state index is 0.272. The van der Waals surface area contributed by atoms with Gasteiger partial charge in [0.25, 0.3) is 0 Å². The Balaban J connectivity index is 1.84. The fraction of sp³-hybridized carbons (Fsp3) is 0.417. The highest BCUT2D eigenvalue weighted by Gasteiger charge is 2.27. The van der Waals surface area contributed by atoms with Crippen molar-refractivity contribution in [2.75, 3.05) is 0 Å². The molecule has 0 unspecified atom stereocenters. The second kappa shape index (κ2) is 4.25. The maximum Gasteiger partial charge on any atom is 0.230 e.